The Balaban J connectivity index is 1.40. The van der Waals surface area contributed by atoms with Crippen LogP contribution >= 0.6 is 0 Å². The minimum atomic E-state index is -2.99. The topological polar surface area (TPSA) is 122 Å². The fraction of sp³-hybridized carbons (Fsp3) is 0.476. The number of piperidine rings is 1. The van der Waals surface area contributed by atoms with Crippen molar-refractivity contribution in [2.75, 3.05) is 31.1 Å². The zero-order valence-corrected chi connectivity index (χ0v) is 17.8. The van der Waals surface area contributed by atoms with E-state index in [4.69, 9.17) is 5.73 Å². The first kappa shape index (κ1) is 21.6. The number of halogens is 1. The number of nitrogens with one attached hydrogen (secondary N) is 1. The molecule has 2 aliphatic heterocycles. The molecule has 4 rings (SSSR count). The Bertz CT molecular complexity index is 1130. The zero-order valence-electron chi connectivity index (χ0n) is 17.0. The highest BCUT2D eigenvalue weighted by molar-refractivity contribution is 7.91. The normalized spacial score (nSPS) is 21.5. The Labute approximate surface area is 179 Å². The van der Waals surface area contributed by atoms with Gasteiger partial charge in [-0.05, 0) is 43.5 Å². The molecule has 0 aliphatic carbocycles. The second kappa shape index (κ2) is 8.51. The predicted octanol–water partition coefficient (Wildman–Crippen LogP) is 0.955. The van der Waals surface area contributed by atoms with Crippen LogP contribution < -0.4 is 11.1 Å². The summed E-state index contributed by atoms with van der Waals surface area (Å²) >= 11 is 0. The quantitative estimate of drug-likeness (QED) is 0.702. The van der Waals surface area contributed by atoms with E-state index in [1.54, 1.807) is 17.0 Å². The van der Waals surface area contributed by atoms with Crippen molar-refractivity contribution in [3.05, 3.63) is 41.3 Å². The van der Waals surface area contributed by atoms with Crippen molar-refractivity contribution in [3.63, 3.8) is 0 Å². The molecule has 3 heterocycles. The molecule has 3 N–H and O–H groups in total. The van der Waals surface area contributed by atoms with Crippen molar-refractivity contribution in [1.82, 2.24) is 15.2 Å². The summed E-state index contributed by atoms with van der Waals surface area (Å²) in [6.45, 7) is 1.13. The number of fused-ring (bicyclic) bond motifs is 1. The number of carbonyl (C=O) groups excluding carboxylic acids is 2. The number of amides is 2. The molecule has 31 heavy (non-hydrogen) atoms. The summed E-state index contributed by atoms with van der Waals surface area (Å²) in [5, 5.41) is 3.57. The largest absolute Gasteiger partial charge is 0.366 e. The number of carbonyl (C=O) groups is 2. The van der Waals surface area contributed by atoms with Crippen molar-refractivity contribution >= 4 is 32.6 Å². The first-order valence-electron chi connectivity index (χ1n) is 10.3. The molecule has 1 aromatic carbocycles. The summed E-state index contributed by atoms with van der Waals surface area (Å²) in [6.07, 6.45) is 1.79. The van der Waals surface area contributed by atoms with E-state index in [1.807, 2.05) is 0 Å². The van der Waals surface area contributed by atoms with Crippen LogP contribution in [0.2, 0.25) is 0 Å². The molecule has 2 amide bonds. The Morgan fingerprint density at radius 2 is 1.94 bits per heavy atom. The fourth-order valence-electron chi connectivity index (χ4n) is 4.37. The molecule has 0 bridgehead atoms. The fourth-order valence-corrected chi connectivity index (χ4v) is 6.08. The van der Waals surface area contributed by atoms with E-state index < -0.39 is 21.6 Å². The molecule has 166 valence electrons. The first-order chi connectivity index (χ1) is 14.7. The van der Waals surface area contributed by atoms with Gasteiger partial charge in [-0.25, -0.2) is 12.8 Å². The van der Waals surface area contributed by atoms with E-state index in [2.05, 4.69) is 10.3 Å². The second-order valence-electron chi connectivity index (χ2n) is 8.26. The number of nitrogens with zero attached hydrogens (tertiary/aromatic N) is 2. The lowest BCUT2D eigenvalue weighted by molar-refractivity contribution is -0.131. The monoisotopic (exact) mass is 448 g/mol. The van der Waals surface area contributed by atoms with E-state index in [0.29, 0.717) is 48.9 Å². The Hall–Kier alpha value is -2.59. The summed E-state index contributed by atoms with van der Waals surface area (Å²) in [5.74, 6) is -0.877. The van der Waals surface area contributed by atoms with Gasteiger partial charge in [0.2, 0.25) is 5.91 Å². The number of aromatic nitrogens is 1. The maximum absolute atomic E-state index is 13.5. The molecule has 0 saturated carbocycles. The number of sulfone groups is 1. The molecule has 2 fully saturated rings. The third-order valence-corrected chi connectivity index (χ3v) is 7.85. The average molecular weight is 449 g/mol. The third kappa shape index (κ3) is 4.85. The number of benzene rings is 1. The lowest BCUT2D eigenvalue weighted by Crippen LogP contribution is -2.45. The number of hydrogen-bond donors (Lipinski definition) is 2. The van der Waals surface area contributed by atoms with Crippen LogP contribution in [-0.2, 0) is 14.6 Å². The Morgan fingerprint density at radius 1 is 1.19 bits per heavy atom. The van der Waals surface area contributed by atoms with Crippen molar-refractivity contribution in [2.45, 2.75) is 31.2 Å². The number of primary amides is 1. The SMILES string of the molecule is NC(=O)c1cc2cc(F)ccc2nc1C1CCN(C(=O)CN[C@@H]2CCS(=O)(=O)C2)CC1. The highest BCUT2D eigenvalue weighted by atomic mass is 32.2. The average Bonchev–Trinajstić information content (AvgIpc) is 3.09. The highest BCUT2D eigenvalue weighted by Gasteiger charge is 2.30. The molecular formula is C21H25FN4O4S. The van der Waals surface area contributed by atoms with E-state index in [0.717, 1.165) is 0 Å². The molecule has 0 radical (unpaired) electrons. The Morgan fingerprint density at radius 3 is 2.58 bits per heavy atom. The second-order valence-corrected chi connectivity index (χ2v) is 10.5. The van der Waals surface area contributed by atoms with Crippen LogP contribution in [0.15, 0.2) is 24.3 Å². The first-order valence-corrected chi connectivity index (χ1v) is 12.2. The Kier molecular flexibility index (Phi) is 5.94. The summed E-state index contributed by atoms with van der Waals surface area (Å²) in [4.78, 5) is 30.9. The van der Waals surface area contributed by atoms with Crippen molar-refractivity contribution in [2.24, 2.45) is 5.73 Å². The van der Waals surface area contributed by atoms with Crippen molar-refractivity contribution in [1.29, 1.82) is 0 Å². The molecule has 8 nitrogen and oxygen atoms in total. The van der Waals surface area contributed by atoms with Gasteiger partial charge in [0.25, 0.3) is 5.91 Å². The number of likely N-dealkylation sites (tertiary alicyclic amines) is 1. The van der Waals surface area contributed by atoms with Crippen LogP contribution in [0, 0.1) is 5.82 Å². The summed E-state index contributed by atoms with van der Waals surface area (Å²) in [7, 11) is -2.99. The lowest BCUT2D eigenvalue weighted by atomic mass is 9.89. The van der Waals surface area contributed by atoms with Crippen LogP contribution in [-0.4, -0.2) is 67.3 Å². The summed E-state index contributed by atoms with van der Waals surface area (Å²) in [6, 6.07) is 5.64. The van der Waals surface area contributed by atoms with Gasteiger partial charge in [-0.1, -0.05) is 0 Å². The number of nitrogens with two attached hydrogens (primary N) is 1. The van der Waals surface area contributed by atoms with Crippen molar-refractivity contribution in [3.8, 4) is 0 Å². The number of rotatable bonds is 5. The van der Waals surface area contributed by atoms with Crippen LogP contribution in [0.3, 0.4) is 0 Å². The smallest absolute Gasteiger partial charge is 0.250 e. The summed E-state index contributed by atoms with van der Waals surface area (Å²) in [5.41, 5.74) is 7.02. The standard InChI is InChI=1S/C21H25FN4O4S/c22-15-1-2-18-14(9-15)10-17(21(23)28)20(25-18)13-3-6-26(7-4-13)19(27)11-24-16-5-8-31(29,30)12-16/h1-2,9-10,13,16,24H,3-8,11-12H2,(H2,23,28)/t16-/m1/s1. The maximum Gasteiger partial charge on any atom is 0.250 e. The van der Waals surface area contributed by atoms with Gasteiger partial charge >= 0.3 is 0 Å². The molecule has 10 heteroatoms. The molecule has 2 aromatic rings. The van der Waals surface area contributed by atoms with E-state index in [1.165, 1.54) is 12.1 Å². The molecule has 1 atom stereocenters. The van der Waals surface area contributed by atoms with E-state index in [9.17, 15) is 22.4 Å². The molecule has 2 saturated heterocycles. The molecule has 1 aromatic heterocycles. The van der Waals surface area contributed by atoms with Gasteiger partial charge in [0.15, 0.2) is 9.84 Å². The zero-order chi connectivity index (χ0) is 22.2. The molecule has 0 spiro atoms. The number of pyridine rings is 1. The van der Waals surface area contributed by atoms with Gasteiger partial charge in [-0.15, -0.1) is 0 Å². The van der Waals surface area contributed by atoms with Gasteiger partial charge in [-0.2, -0.15) is 0 Å². The third-order valence-electron chi connectivity index (χ3n) is 6.08. The van der Waals surface area contributed by atoms with Gasteiger partial charge in [0, 0.05) is 30.4 Å². The van der Waals surface area contributed by atoms with Gasteiger partial charge in [-0.3, -0.25) is 14.6 Å². The van der Waals surface area contributed by atoms with E-state index in [-0.39, 0.29) is 41.5 Å². The molecule has 0 unspecified atom stereocenters. The van der Waals surface area contributed by atoms with Crippen LogP contribution in [0.25, 0.3) is 10.9 Å². The van der Waals surface area contributed by atoms with Crippen LogP contribution in [0.4, 0.5) is 4.39 Å². The lowest BCUT2D eigenvalue weighted by Gasteiger charge is -2.32. The van der Waals surface area contributed by atoms with Crippen LogP contribution in [0.5, 0.6) is 0 Å². The van der Waals surface area contributed by atoms with Gasteiger partial charge in [0.05, 0.1) is 34.8 Å². The number of hydrogen-bond acceptors (Lipinski definition) is 6. The van der Waals surface area contributed by atoms with E-state index >= 15 is 0 Å². The molecule has 2 aliphatic rings. The summed E-state index contributed by atoms with van der Waals surface area (Å²) < 4.78 is 36.6. The molecular weight excluding hydrogens is 423 g/mol. The van der Waals surface area contributed by atoms with Crippen LogP contribution in [0.1, 0.15) is 41.2 Å². The predicted molar refractivity (Wildman–Crippen MR) is 114 cm³/mol. The van der Waals surface area contributed by atoms with Gasteiger partial charge < -0.3 is 16.0 Å². The van der Waals surface area contributed by atoms with Gasteiger partial charge in [0.1, 0.15) is 5.82 Å². The highest BCUT2D eigenvalue weighted by Crippen LogP contribution is 2.31. The minimum Gasteiger partial charge on any atom is -0.366 e. The van der Waals surface area contributed by atoms with Crippen molar-refractivity contribution < 1.29 is 22.4 Å². The maximum atomic E-state index is 13.5. The minimum absolute atomic E-state index is 0.0334.